The normalized spacial score (nSPS) is 19.3. The maximum absolute atomic E-state index is 12.7. The van der Waals surface area contributed by atoms with Gasteiger partial charge in [0.1, 0.15) is 0 Å². The van der Waals surface area contributed by atoms with E-state index in [1.54, 1.807) is 6.07 Å². The quantitative estimate of drug-likeness (QED) is 0.840. The zero-order valence-corrected chi connectivity index (χ0v) is 12.5. The SMILES string of the molecule is CC1CSCCN1C(=O)c1cc(N)ccc1N(C)C. The minimum absolute atomic E-state index is 0.0869. The van der Waals surface area contributed by atoms with Gasteiger partial charge in [-0.05, 0) is 25.1 Å². The molecule has 0 bridgehead atoms. The number of hydrogen-bond donors (Lipinski definition) is 1. The molecule has 1 aliphatic rings. The van der Waals surface area contributed by atoms with Crippen LogP contribution in [-0.4, -0.2) is 49.0 Å². The van der Waals surface area contributed by atoms with Gasteiger partial charge in [-0.25, -0.2) is 0 Å². The van der Waals surface area contributed by atoms with Crippen molar-refractivity contribution >= 4 is 29.0 Å². The van der Waals surface area contributed by atoms with Gasteiger partial charge < -0.3 is 15.5 Å². The first-order valence-corrected chi connectivity index (χ1v) is 7.61. The van der Waals surface area contributed by atoms with E-state index in [0.29, 0.717) is 11.3 Å². The second-order valence-corrected chi connectivity index (χ2v) is 6.24. The van der Waals surface area contributed by atoms with Crippen molar-refractivity contribution in [2.75, 3.05) is 42.8 Å². The Morgan fingerprint density at radius 2 is 2.21 bits per heavy atom. The zero-order valence-electron chi connectivity index (χ0n) is 11.7. The lowest BCUT2D eigenvalue weighted by atomic mass is 10.1. The van der Waals surface area contributed by atoms with Crippen LogP contribution in [0.25, 0.3) is 0 Å². The molecule has 2 N–H and O–H groups in total. The Morgan fingerprint density at radius 3 is 2.84 bits per heavy atom. The van der Waals surface area contributed by atoms with Crippen LogP contribution in [0.2, 0.25) is 0 Å². The van der Waals surface area contributed by atoms with Gasteiger partial charge in [-0.3, -0.25) is 4.79 Å². The predicted octanol–water partition coefficient (Wildman–Crippen LogP) is 1.91. The second-order valence-electron chi connectivity index (χ2n) is 5.09. The van der Waals surface area contributed by atoms with Crippen molar-refractivity contribution in [2.24, 2.45) is 0 Å². The maximum Gasteiger partial charge on any atom is 0.256 e. The number of benzene rings is 1. The molecule has 5 heteroatoms. The summed E-state index contributed by atoms with van der Waals surface area (Å²) in [5, 5.41) is 0. The van der Waals surface area contributed by atoms with Crippen molar-refractivity contribution in [1.29, 1.82) is 0 Å². The molecule has 0 aliphatic carbocycles. The molecule has 0 saturated carbocycles. The molecule has 1 unspecified atom stereocenters. The third-order valence-corrected chi connectivity index (χ3v) is 4.55. The molecule has 1 saturated heterocycles. The van der Waals surface area contributed by atoms with Crippen LogP contribution in [-0.2, 0) is 0 Å². The van der Waals surface area contributed by atoms with Crippen molar-refractivity contribution in [3.63, 3.8) is 0 Å². The summed E-state index contributed by atoms with van der Waals surface area (Å²) in [5.41, 5.74) is 8.09. The molecular weight excluding hydrogens is 258 g/mol. The third kappa shape index (κ3) is 2.97. The van der Waals surface area contributed by atoms with E-state index >= 15 is 0 Å². The highest BCUT2D eigenvalue weighted by Crippen LogP contribution is 2.26. The number of anilines is 2. The van der Waals surface area contributed by atoms with E-state index in [9.17, 15) is 4.79 Å². The van der Waals surface area contributed by atoms with E-state index in [0.717, 1.165) is 23.7 Å². The second kappa shape index (κ2) is 5.74. The van der Waals surface area contributed by atoms with E-state index in [-0.39, 0.29) is 11.9 Å². The zero-order chi connectivity index (χ0) is 14.0. The Labute approximate surface area is 118 Å². The lowest BCUT2D eigenvalue weighted by Crippen LogP contribution is -2.44. The van der Waals surface area contributed by atoms with Crippen molar-refractivity contribution < 1.29 is 4.79 Å². The van der Waals surface area contributed by atoms with Crippen LogP contribution in [0.1, 0.15) is 17.3 Å². The highest BCUT2D eigenvalue weighted by Gasteiger charge is 2.26. The van der Waals surface area contributed by atoms with Crippen LogP contribution >= 0.6 is 11.8 Å². The molecule has 1 heterocycles. The number of carbonyl (C=O) groups is 1. The number of rotatable bonds is 2. The Bertz CT molecular complexity index is 476. The number of amides is 1. The third-order valence-electron chi connectivity index (χ3n) is 3.36. The first-order valence-electron chi connectivity index (χ1n) is 6.46. The van der Waals surface area contributed by atoms with Gasteiger partial charge in [-0.1, -0.05) is 0 Å². The van der Waals surface area contributed by atoms with Crippen LogP contribution in [0, 0.1) is 0 Å². The summed E-state index contributed by atoms with van der Waals surface area (Å²) in [6, 6.07) is 5.81. The van der Waals surface area contributed by atoms with Crippen molar-refractivity contribution in [3.8, 4) is 0 Å². The molecule has 1 amide bonds. The summed E-state index contributed by atoms with van der Waals surface area (Å²) in [6.07, 6.45) is 0. The van der Waals surface area contributed by atoms with Crippen LogP contribution in [0.5, 0.6) is 0 Å². The summed E-state index contributed by atoms with van der Waals surface area (Å²) in [6.45, 7) is 2.91. The molecule has 0 aromatic heterocycles. The first-order chi connectivity index (χ1) is 9.00. The van der Waals surface area contributed by atoms with Crippen LogP contribution in [0.4, 0.5) is 11.4 Å². The topological polar surface area (TPSA) is 49.6 Å². The number of nitrogens with two attached hydrogens (primary N) is 1. The van der Waals surface area contributed by atoms with Gasteiger partial charge >= 0.3 is 0 Å². The number of thioether (sulfide) groups is 1. The molecule has 1 aromatic rings. The van der Waals surface area contributed by atoms with Gasteiger partial charge in [-0.15, -0.1) is 0 Å². The Morgan fingerprint density at radius 1 is 1.47 bits per heavy atom. The molecule has 1 atom stereocenters. The monoisotopic (exact) mass is 279 g/mol. The van der Waals surface area contributed by atoms with Gasteiger partial charge in [0.25, 0.3) is 5.91 Å². The minimum Gasteiger partial charge on any atom is -0.399 e. The smallest absolute Gasteiger partial charge is 0.256 e. The number of hydrogen-bond acceptors (Lipinski definition) is 4. The molecule has 0 spiro atoms. The van der Waals surface area contributed by atoms with E-state index in [1.165, 1.54) is 0 Å². The number of nitrogens with zero attached hydrogens (tertiary/aromatic N) is 2. The van der Waals surface area contributed by atoms with Gasteiger partial charge in [0.2, 0.25) is 0 Å². The fraction of sp³-hybridized carbons (Fsp3) is 0.500. The molecule has 4 nitrogen and oxygen atoms in total. The minimum atomic E-state index is 0.0869. The fourth-order valence-electron chi connectivity index (χ4n) is 2.30. The summed E-state index contributed by atoms with van der Waals surface area (Å²) in [7, 11) is 3.88. The molecule has 19 heavy (non-hydrogen) atoms. The van der Waals surface area contributed by atoms with Gasteiger partial charge in [0, 0.05) is 49.6 Å². The summed E-state index contributed by atoms with van der Waals surface area (Å²) < 4.78 is 0. The fourth-order valence-corrected chi connectivity index (χ4v) is 3.31. The molecule has 1 fully saturated rings. The van der Waals surface area contributed by atoms with Crippen LogP contribution < -0.4 is 10.6 Å². The van der Waals surface area contributed by atoms with Gasteiger partial charge in [0.05, 0.1) is 5.56 Å². The highest BCUT2D eigenvalue weighted by atomic mass is 32.2. The van der Waals surface area contributed by atoms with E-state index < -0.39 is 0 Å². The molecular formula is C14H21N3OS. The van der Waals surface area contributed by atoms with Crippen LogP contribution in [0.15, 0.2) is 18.2 Å². The number of carbonyl (C=O) groups excluding carboxylic acids is 1. The van der Waals surface area contributed by atoms with Gasteiger partial charge in [0.15, 0.2) is 0 Å². The van der Waals surface area contributed by atoms with Crippen molar-refractivity contribution in [3.05, 3.63) is 23.8 Å². The highest BCUT2D eigenvalue weighted by molar-refractivity contribution is 7.99. The van der Waals surface area contributed by atoms with Gasteiger partial charge in [-0.2, -0.15) is 11.8 Å². The molecule has 0 radical (unpaired) electrons. The molecule has 104 valence electrons. The lowest BCUT2D eigenvalue weighted by Gasteiger charge is -2.34. The van der Waals surface area contributed by atoms with E-state index in [1.807, 2.05) is 47.8 Å². The van der Waals surface area contributed by atoms with Crippen molar-refractivity contribution in [1.82, 2.24) is 4.90 Å². The first kappa shape index (κ1) is 14.1. The largest absolute Gasteiger partial charge is 0.399 e. The summed E-state index contributed by atoms with van der Waals surface area (Å²) in [5.74, 6) is 2.10. The van der Waals surface area contributed by atoms with E-state index in [4.69, 9.17) is 5.73 Å². The lowest BCUT2D eigenvalue weighted by molar-refractivity contribution is 0.0716. The Kier molecular flexibility index (Phi) is 4.24. The average Bonchev–Trinajstić information content (AvgIpc) is 2.38. The molecule has 1 aliphatic heterocycles. The average molecular weight is 279 g/mol. The van der Waals surface area contributed by atoms with Crippen molar-refractivity contribution in [2.45, 2.75) is 13.0 Å². The summed E-state index contributed by atoms with van der Waals surface area (Å²) >= 11 is 1.90. The Hall–Kier alpha value is -1.36. The molecule has 1 aromatic carbocycles. The van der Waals surface area contributed by atoms with Crippen LogP contribution in [0.3, 0.4) is 0 Å². The molecule has 2 rings (SSSR count). The standard InChI is InChI=1S/C14H21N3OS/c1-10-9-19-7-6-17(10)14(18)12-8-11(15)4-5-13(12)16(2)3/h4-5,8,10H,6-7,9,15H2,1-3H3. The predicted molar refractivity (Wildman–Crippen MR) is 83.0 cm³/mol. The summed E-state index contributed by atoms with van der Waals surface area (Å²) in [4.78, 5) is 16.6. The maximum atomic E-state index is 12.7. The van der Waals surface area contributed by atoms with E-state index in [2.05, 4.69) is 6.92 Å². The Balaban J connectivity index is 2.34. The number of nitrogen functional groups attached to an aromatic ring is 1.